The minimum atomic E-state index is -0.366. The third-order valence-corrected chi connectivity index (χ3v) is 3.42. The number of pyridine rings is 1. The van der Waals surface area contributed by atoms with Crippen LogP contribution in [-0.4, -0.2) is 23.3 Å². The number of imide groups is 1. The summed E-state index contributed by atoms with van der Waals surface area (Å²) in [6, 6.07) is 10.7. The summed E-state index contributed by atoms with van der Waals surface area (Å²) in [6.45, 7) is 3.70. The Balaban J connectivity index is 1.88. The van der Waals surface area contributed by atoms with E-state index in [4.69, 9.17) is 0 Å². The van der Waals surface area contributed by atoms with Crippen LogP contribution in [0, 0.1) is 0 Å². The van der Waals surface area contributed by atoms with Gasteiger partial charge in [-0.05, 0) is 36.4 Å². The number of hydrogen-bond acceptors (Lipinski definition) is 4. The fourth-order valence-electron chi connectivity index (χ4n) is 2.33. The van der Waals surface area contributed by atoms with Crippen molar-refractivity contribution in [1.29, 1.82) is 0 Å². The first-order chi connectivity index (χ1) is 10.2. The molecule has 0 saturated heterocycles. The average molecular weight is 281 g/mol. The van der Waals surface area contributed by atoms with Crippen molar-refractivity contribution in [2.45, 2.75) is 13.5 Å². The van der Waals surface area contributed by atoms with Crippen LogP contribution in [0.3, 0.4) is 0 Å². The number of amides is 2. The highest BCUT2D eigenvalue weighted by Crippen LogP contribution is 2.27. The van der Waals surface area contributed by atoms with Crippen molar-refractivity contribution in [3.05, 3.63) is 59.4 Å². The van der Waals surface area contributed by atoms with E-state index < -0.39 is 0 Å². The lowest BCUT2D eigenvalue weighted by atomic mass is 10.2. The summed E-state index contributed by atoms with van der Waals surface area (Å²) in [5, 5.41) is 3.23. The van der Waals surface area contributed by atoms with E-state index in [1.54, 1.807) is 24.3 Å². The maximum atomic E-state index is 12.3. The topological polar surface area (TPSA) is 62.3 Å². The highest BCUT2D eigenvalue weighted by molar-refractivity contribution is 6.33. The number of rotatable bonds is 4. The highest BCUT2D eigenvalue weighted by atomic mass is 16.2. The molecular weight excluding hydrogens is 266 g/mol. The molecule has 1 aromatic carbocycles. The van der Waals surface area contributed by atoms with Gasteiger partial charge in [0.1, 0.15) is 5.69 Å². The van der Waals surface area contributed by atoms with E-state index in [-0.39, 0.29) is 17.5 Å². The summed E-state index contributed by atoms with van der Waals surface area (Å²) in [4.78, 5) is 29.8. The first-order valence-corrected chi connectivity index (χ1v) is 6.86. The molecule has 0 atom stereocenters. The maximum Gasteiger partial charge on any atom is 0.284 e. The first kappa shape index (κ1) is 13.5. The Kier molecular flexibility index (Phi) is 3.50. The van der Waals surface area contributed by atoms with E-state index in [1.165, 1.54) is 11.1 Å². The summed E-state index contributed by atoms with van der Waals surface area (Å²) >= 11 is 0. The Morgan fingerprint density at radius 3 is 2.52 bits per heavy atom. The third-order valence-electron chi connectivity index (χ3n) is 3.42. The molecule has 0 spiro atoms. The van der Waals surface area contributed by atoms with E-state index in [1.807, 2.05) is 19.1 Å². The SMILES string of the molecule is CCNCc1ccc(N2C(=O)c3cccnc3C2=O)cc1. The Labute approximate surface area is 122 Å². The fourth-order valence-corrected chi connectivity index (χ4v) is 2.33. The molecule has 3 rings (SSSR count). The first-order valence-electron chi connectivity index (χ1n) is 6.86. The molecule has 5 nitrogen and oxygen atoms in total. The molecule has 0 saturated carbocycles. The Bertz CT molecular complexity index is 660. The molecule has 5 heteroatoms. The van der Waals surface area contributed by atoms with E-state index in [2.05, 4.69) is 10.3 Å². The number of nitrogens with zero attached hydrogens (tertiary/aromatic N) is 2. The van der Waals surface area contributed by atoms with Gasteiger partial charge in [0, 0.05) is 12.7 Å². The van der Waals surface area contributed by atoms with Crippen molar-refractivity contribution in [2.24, 2.45) is 0 Å². The van der Waals surface area contributed by atoms with Gasteiger partial charge in [-0.25, -0.2) is 4.90 Å². The molecule has 0 fully saturated rings. The van der Waals surface area contributed by atoms with Crippen LogP contribution in [0.15, 0.2) is 42.6 Å². The second-order valence-electron chi connectivity index (χ2n) is 4.79. The van der Waals surface area contributed by atoms with Crippen LogP contribution in [0.4, 0.5) is 5.69 Å². The Hall–Kier alpha value is -2.53. The van der Waals surface area contributed by atoms with Crippen LogP contribution in [-0.2, 0) is 6.54 Å². The van der Waals surface area contributed by atoms with E-state index in [0.717, 1.165) is 18.7 Å². The predicted octanol–water partition coefficient (Wildman–Crippen LogP) is 1.99. The van der Waals surface area contributed by atoms with Crippen LogP contribution in [0.1, 0.15) is 33.3 Å². The monoisotopic (exact) mass is 281 g/mol. The lowest BCUT2D eigenvalue weighted by Gasteiger charge is -2.14. The van der Waals surface area contributed by atoms with E-state index in [9.17, 15) is 9.59 Å². The second kappa shape index (κ2) is 5.46. The molecule has 0 bridgehead atoms. The van der Waals surface area contributed by atoms with Gasteiger partial charge in [0.25, 0.3) is 11.8 Å². The van der Waals surface area contributed by atoms with Crippen LogP contribution >= 0.6 is 0 Å². The van der Waals surface area contributed by atoms with Gasteiger partial charge in [-0.2, -0.15) is 0 Å². The number of benzene rings is 1. The number of fused-ring (bicyclic) bond motifs is 1. The molecule has 0 aliphatic carbocycles. The molecule has 0 radical (unpaired) electrons. The number of aromatic nitrogens is 1. The Morgan fingerprint density at radius 2 is 1.86 bits per heavy atom. The summed E-state index contributed by atoms with van der Waals surface area (Å²) in [5.41, 5.74) is 2.26. The molecule has 1 aromatic heterocycles. The van der Waals surface area contributed by atoms with E-state index in [0.29, 0.717) is 11.3 Å². The normalized spacial score (nSPS) is 13.7. The molecule has 1 aliphatic heterocycles. The molecule has 0 unspecified atom stereocenters. The van der Waals surface area contributed by atoms with Crippen molar-refractivity contribution in [2.75, 3.05) is 11.4 Å². The third kappa shape index (κ3) is 2.32. The summed E-state index contributed by atoms with van der Waals surface area (Å²) in [5.74, 6) is -0.683. The second-order valence-corrected chi connectivity index (χ2v) is 4.79. The lowest BCUT2D eigenvalue weighted by Crippen LogP contribution is -2.29. The van der Waals surface area contributed by atoms with Crippen molar-refractivity contribution in [3.63, 3.8) is 0 Å². The maximum absolute atomic E-state index is 12.3. The van der Waals surface area contributed by atoms with Gasteiger partial charge in [-0.3, -0.25) is 14.6 Å². The van der Waals surface area contributed by atoms with Gasteiger partial charge in [0.15, 0.2) is 0 Å². The standard InChI is InChI=1S/C16H15N3O2/c1-2-17-10-11-5-7-12(8-6-11)19-15(20)13-4-3-9-18-14(13)16(19)21/h3-9,17H,2,10H2,1H3. The number of anilines is 1. The zero-order valence-electron chi connectivity index (χ0n) is 11.7. The lowest BCUT2D eigenvalue weighted by molar-refractivity contribution is 0.0924. The minimum Gasteiger partial charge on any atom is -0.313 e. The van der Waals surface area contributed by atoms with Crippen molar-refractivity contribution in [1.82, 2.24) is 10.3 Å². The molecule has 2 amide bonds. The quantitative estimate of drug-likeness (QED) is 0.871. The zero-order valence-corrected chi connectivity index (χ0v) is 11.7. The molecule has 1 aliphatic rings. The summed E-state index contributed by atoms with van der Waals surface area (Å²) in [7, 11) is 0. The van der Waals surface area contributed by atoms with Crippen LogP contribution in [0.25, 0.3) is 0 Å². The summed E-state index contributed by atoms with van der Waals surface area (Å²) < 4.78 is 0. The zero-order chi connectivity index (χ0) is 14.8. The molecule has 106 valence electrons. The van der Waals surface area contributed by atoms with Gasteiger partial charge >= 0.3 is 0 Å². The van der Waals surface area contributed by atoms with Crippen molar-refractivity contribution in [3.8, 4) is 0 Å². The molecule has 1 N–H and O–H groups in total. The minimum absolute atomic E-state index is 0.222. The van der Waals surface area contributed by atoms with Crippen LogP contribution in [0.5, 0.6) is 0 Å². The predicted molar refractivity (Wildman–Crippen MR) is 79.2 cm³/mol. The Morgan fingerprint density at radius 1 is 1.10 bits per heavy atom. The smallest absolute Gasteiger partial charge is 0.284 e. The van der Waals surface area contributed by atoms with Crippen LogP contribution < -0.4 is 10.2 Å². The van der Waals surface area contributed by atoms with Gasteiger partial charge in [0.2, 0.25) is 0 Å². The van der Waals surface area contributed by atoms with Crippen molar-refractivity contribution < 1.29 is 9.59 Å². The molecule has 21 heavy (non-hydrogen) atoms. The largest absolute Gasteiger partial charge is 0.313 e. The van der Waals surface area contributed by atoms with Gasteiger partial charge in [-0.15, -0.1) is 0 Å². The number of carbonyl (C=O) groups excluding carboxylic acids is 2. The van der Waals surface area contributed by atoms with E-state index >= 15 is 0 Å². The fraction of sp³-hybridized carbons (Fsp3) is 0.188. The van der Waals surface area contributed by atoms with Gasteiger partial charge in [0.05, 0.1) is 11.3 Å². The highest BCUT2D eigenvalue weighted by Gasteiger charge is 2.37. The summed E-state index contributed by atoms with van der Waals surface area (Å²) in [6.07, 6.45) is 1.52. The van der Waals surface area contributed by atoms with Gasteiger partial charge in [-0.1, -0.05) is 19.1 Å². The number of carbonyl (C=O) groups is 2. The average Bonchev–Trinajstić information content (AvgIpc) is 2.78. The van der Waals surface area contributed by atoms with Crippen molar-refractivity contribution >= 4 is 17.5 Å². The number of hydrogen-bond donors (Lipinski definition) is 1. The molecular formula is C16H15N3O2. The van der Waals surface area contributed by atoms with Crippen LogP contribution in [0.2, 0.25) is 0 Å². The van der Waals surface area contributed by atoms with Gasteiger partial charge < -0.3 is 5.32 Å². The number of nitrogens with one attached hydrogen (secondary N) is 1. The molecule has 2 aromatic rings. The molecule has 2 heterocycles.